The summed E-state index contributed by atoms with van der Waals surface area (Å²) in [6.45, 7) is 9.13. The number of nitrogens with zero attached hydrogens (tertiary/aromatic N) is 5. The number of aromatic nitrogens is 4. The Morgan fingerprint density at radius 2 is 2.09 bits per heavy atom. The van der Waals surface area contributed by atoms with Gasteiger partial charge in [-0.25, -0.2) is 4.98 Å². The summed E-state index contributed by atoms with van der Waals surface area (Å²) in [6, 6.07) is 0.490. The van der Waals surface area contributed by atoms with Crippen LogP contribution < -0.4 is 16.0 Å². The molecule has 1 atom stereocenters. The largest absolute Gasteiger partial charge is 0.368 e. The average molecular weight is 303 g/mol. The van der Waals surface area contributed by atoms with Crippen LogP contribution in [0, 0.1) is 0 Å². The van der Waals surface area contributed by atoms with Crippen LogP contribution in [0.2, 0.25) is 0 Å². The number of nitrogens with one attached hydrogen (secondary N) is 1. The SMILES string of the molecule is CCn1nc2c(N3CC[C@@H](NC)C3)nc(N)nc2c1C(C)C. The average Bonchev–Trinajstić information content (AvgIpc) is 3.09. The van der Waals surface area contributed by atoms with E-state index in [1.54, 1.807) is 0 Å². The summed E-state index contributed by atoms with van der Waals surface area (Å²) in [4.78, 5) is 11.2. The van der Waals surface area contributed by atoms with Gasteiger partial charge in [-0.15, -0.1) is 0 Å². The summed E-state index contributed by atoms with van der Waals surface area (Å²) in [6.07, 6.45) is 1.10. The van der Waals surface area contributed by atoms with Gasteiger partial charge in [-0.05, 0) is 26.3 Å². The topological polar surface area (TPSA) is 84.9 Å². The lowest BCUT2D eigenvalue weighted by molar-refractivity contribution is 0.604. The second-order valence-electron chi connectivity index (χ2n) is 6.18. The van der Waals surface area contributed by atoms with Gasteiger partial charge in [0.2, 0.25) is 5.95 Å². The fraction of sp³-hybridized carbons (Fsp3) is 0.667. The number of aryl methyl sites for hydroxylation is 1. The van der Waals surface area contributed by atoms with E-state index in [0.717, 1.165) is 48.6 Å². The highest BCUT2D eigenvalue weighted by atomic mass is 15.3. The fourth-order valence-electron chi connectivity index (χ4n) is 3.25. The first-order valence-electron chi connectivity index (χ1n) is 8.01. The van der Waals surface area contributed by atoms with Gasteiger partial charge in [-0.3, -0.25) is 4.68 Å². The third-order valence-corrected chi connectivity index (χ3v) is 4.37. The molecule has 3 rings (SSSR count). The third-order valence-electron chi connectivity index (χ3n) is 4.37. The number of nitrogens with two attached hydrogens (primary N) is 1. The van der Waals surface area contributed by atoms with Gasteiger partial charge in [0.15, 0.2) is 11.3 Å². The Morgan fingerprint density at radius 1 is 1.32 bits per heavy atom. The number of rotatable bonds is 4. The third kappa shape index (κ3) is 2.39. The molecule has 0 aliphatic carbocycles. The van der Waals surface area contributed by atoms with Gasteiger partial charge >= 0.3 is 0 Å². The van der Waals surface area contributed by atoms with E-state index >= 15 is 0 Å². The molecule has 1 aliphatic rings. The van der Waals surface area contributed by atoms with E-state index < -0.39 is 0 Å². The highest BCUT2D eigenvalue weighted by molar-refractivity contribution is 5.89. The van der Waals surface area contributed by atoms with Crippen LogP contribution in [-0.2, 0) is 6.54 Å². The molecule has 22 heavy (non-hydrogen) atoms. The molecule has 7 nitrogen and oxygen atoms in total. The minimum atomic E-state index is 0.327. The van der Waals surface area contributed by atoms with E-state index in [2.05, 4.69) is 41.0 Å². The van der Waals surface area contributed by atoms with E-state index in [1.807, 2.05) is 11.7 Å². The first-order valence-corrected chi connectivity index (χ1v) is 8.01. The van der Waals surface area contributed by atoms with Gasteiger partial charge in [0, 0.05) is 25.7 Å². The summed E-state index contributed by atoms with van der Waals surface area (Å²) in [7, 11) is 2.00. The van der Waals surface area contributed by atoms with Crippen molar-refractivity contribution in [3.63, 3.8) is 0 Å². The minimum absolute atomic E-state index is 0.327. The molecule has 1 saturated heterocycles. The van der Waals surface area contributed by atoms with Crippen molar-refractivity contribution in [2.24, 2.45) is 0 Å². The molecule has 2 aromatic heterocycles. The second-order valence-corrected chi connectivity index (χ2v) is 6.18. The van der Waals surface area contributed by atoms with Gasteiger partial charge in [-0.2, -0.15) is 10.1 Å². The van der Waals surface area contributed by atoms with Gasteiger partial charge in [0.1, 0.15) is 5.52 Å². The molecule has 1 fully saturated rings. The first-order chi connectivity index (χ1) is 10.5. The molecule has 0 saturated carbocycles. The molecule has 0 spiro atoms. The van der Waals surface area contributed by atoms with Gasteiger partial charge in [0.05, 0.1) is 5.69 Å². The Morgan fingerprint density at radius 3 is 2.68 bits per heavy atom. The fourth-order valence-corrected chi connectivity index (χ4v) is 3.25. The summed E-state index contributed by atoms with van der Waals surface area (Å²) in [5.41, 5.74) is 8.88. The molecule has 3 heterocycles. The van der Waals surface area contributed by atoms with Crippen molar-refractivity contribution in [2.75, 3.05) is 30.8 Å². The van der Waals surface area contributed by atoms with Crippen LogP contribution in [0.15, 0.2) is 0 Å². The zero-order valence-corrected chi connectivity index (χ0v) is 13.8. The summed E-state index contributed by atoms with van der Waals surface area (Å²) < 4.78 is 2.03. The molecule has 0 bridgehead atoms. The van der Waals surface area contributed by atoms with Crippen LogP contribution in [0.3, 0.4) is 0 Å². The normalized spacial score (nSPS) is 18.8. The monoisotopic (exact) mass is 303 g/mol. The van der Waals surface area contributed by atoms with Gasteiger partial charge < -0.3 is 16.0 Å². The van der Waals surface area contributed by atoms with Crippen LogP contribution in [0.25, 0.3) is 11.0 Å². The van der Waals surface area contributed by atoms with Crippen LogP contribution in [0.5, 0.6) is 0 Å². The maximum absolute atomic E-state index is 5.98. The Labute approximate surface area is 130 Å². The predicted molar refractivity (Wildman–Crippen MR) is 89.2 cm³/mol. The highest BCUT2D eigenvalue weighted by Crippen LogP contribution is 2.31. The summed E-state index contributed by atoms with van der Waals surface area (Å²) in [5, 5.41) is 8.09. The van der Waals surface area contributed by atoms with Gasteiger partial charge in [-0.1, -0.05) is 13.8 Å². The molecule has 0 radical (unpaired) electrons. The van der Waals surface area contributed by atoms with E-state index in [0.29, 0.717) is 17.9 Å². The van der Waals surface area contributed by atoms with E-state index in [-0.39, 0.29) is 0 Å². The van der Waals surface area contributed by atoms with Crippen molar-refractivity contribution >= 4 is 22.8 Å². The lowest BCUT2D eigenvalue weighted by Gasteiger charge is -2.17. The summed E-state index contributed by atoms with van der Waals surface area (Å²) in [5.74, 6) is 1.54. The number of anilines is 2. The second kappa shape index (κ2) is 5.72. The highest BCUT2D eigenvalue weighted by Gasteiger charge is 2.27. The molecule has 3 N–H and O–H groups in total. The molecule has 120 valence electrons. The predicted octanol–water partition coefficient (Wildman–Crippen LogP) is 1.35. The zero-order valence-electron chi connectivity index (χ0n) is 13.8. The Hall–Kier alpha value is -1.89. The van der Waals surface area contributed by atoms with E-state index in [1.165, 1.54) is 0 Å². The molecular weight excluding hydrogens is 278 g/mol. The molecule has 0 aromatic carbocycles. The van der Waals surface area contributed by atoms with Crippen LogP contribution in [0.1, 0.15) is 38.8 Å². The first kappa shape index (κ1) is 15.0. The number of hydrogen-bond donors (Lipinski definition) is 2. The number of nitrogen functional groups attached to an aromatic ring is 1. The van der Waals surface area contributed by atoms with Crippen molar-refractivity contribution in [1.29, 1.82) is 0 Å². The molecule has 0 unspecified atom stereocenters. The van der Waals surface area contributed by atoms with Gasteiger partial charge in [0.25, 0.3) is 0 Å². The number of hydrogen-bond acceptors (Lipinski definition) is 6. The molecule has 0 amide bonds. The molecule has 1 aliphatic heterocycles. The maximum atomic E-state index is 5.98. The molecule has 7 heteroatoms. The number of fused-ring (bicyclic) bond motifs is 1. The Bertz CT molecular complexity index is 676. The van der Waals surface area contributed by atoms with Crippen molar-refractivity contribution in [3.05, 3.63) is 5.69 Å². The van der Waals surface area contributed by atoms with Crippen molar-refractivity contribution < 1.29 is 0 Å². The van der Waals surface area contributed by atoms with Crippen LogP contribution in [0.4, 0.5) is 11.8 Å². The molecular formula is C15H25N7. The molecule has 2 aromatic rings. The Kier molecular flexibility index (Phi) is 3.90. The lowest BCUT2D eigenvalue weighted by atomic mass is 10.1. The number of likely N-dealkylation sites (N-methyl/N-ethyl adjacent to an activating group) is 1. The quantitative estimate of drug-likeness (QED) is 0.887. The summed E-state index contributed by atoms with van der Waals surface area (Å²) >= 11 is 0. The maximum Gasteiger partial charge on any atom is 0.222 e. The standard InChI is InChI=1S/C15H25N7/c1-5-22-13(9(2)3)11-12(20-22)14(19-15(16)18-11)21-7-6-10(8-21)17-4/h9-10,17H,5-8H2,1-4H3,(H2,16,18)/t10-/m1/s1. The lowest BCUT2D eigenvalue weighted by Crippen LogP contribution is -2.30. The van der Waals surface area contributed by atoms with E-state index in [9.17, 15) is 0 Å². The Balaban J connectivity index is 2.15. The van der Waals surface area contributed by atoms with Crippen molar-refractivity contribution in [2.45, 2.75) is 45.7 Å². The zero-order chi connectivity index (χ0) is 15.9. The van der Waals surface area contributed by atoms with E-state index in [4.69, 9.17) is 10.8 Å². The smallest absolute Gasteiger partial charge is 0.222 e. The van der Waals surface area contributed by atoms with Crippen molar-refractivity contribution in [3.8, 4) is 0 Å². The van der Waals surface area contributed by atoms with Crippen LogP contribution in [-0.4, -0.2) is 45.9 Å². The van der Waals surface area contributed by atoms with Crippen LogP contribution >= 0.6 is 0 Å². The van der Waals surface area contributed by atoms with Crippen molar-refractivity contribution in [1.82, 2.24) is 25.1 Å². The minimum Gasteiger partial charge on any atom is -0.368 e.